The molecule has 1 N–H and O–H groups in total. The van der Waals surface area contributed by atoms with Crippen molar-refractivity contribution in [3.05, 3.63) is 30.4 Å². The number of hydrogen-bond acceptors (Lipinski definition) is 6. The van der Waals surface area contributed by atoms with Crippen molar-refractivity contribution >= 4 is 5.97 Å². The SMILES string of the molecule is O=C(O)CCN1CCC(c2nc(-c3cccnc3)no2)CC1. The third-order valence-electron chi connectivity index (χ3n) is 3.94. The molecule has 2 aromatic rings. The molecule has 0 unspecified atom stereocenters. The molecule has 1 saturated heterocycles. The van der Waals surface area contributed by atoms with Gasteiger partial charge in [-0.1, -0.05) is 5.16 Å². The van der Waals surface area contributed by atoms with Crippen molar-refractivity contribution < 1.29 is 14.4 Å². The first-order valence-corrected chi connectivity index (χ1v) is 7.40. The molecule has 3 rings (SSSR count). The van der Waals surface area contributed by atoms with E-state index in [-0.39, 0.29) is 12.3 Å². The van der Waals surface area contributed by atoms with E-state index >= 15 is 0 Å². The van der Waals surface area contributed by atoms with Crippen LogP contribution in [-0.2, 0) is 4.79 Å². The molecule has 2 aromatic heterocycles. The van der Waals surface area contributed by atoms with Gasteiger partial charge in [-0.2, -0.15) is 4.98 Å². The van der Waals surface area contributed by atoms with Crippen LogP contribution in [0.3, 0.4) is 0 Å². The van der Waals surface area contributed by atoms with E-state index in [1.54, 1.807) is 12.4 Å². The topological polar surface area (TPSA) is 92.3 Å². The predicted octanol–water partition coefficient (Wildman–Crippen LogP) is 1.79. The number of carboxylic acid groups (broad SMARTS) is 1. The Kier molecular flexibility index (Phi) is 4.43. The molecule has 7 nitrogen and oxygen atoms in total. The minimum atomic E-state index is -0.750. The molecule has 0 spiro atoms. The zero-order valence-electron chi connectivity index (χ0n) is 12.2. The molecule has 0 amide bonds. The lowest BCUT2D eigenvalue weighted by atomic mass is 9.96. The van der Waals surface area contributed by atoms with Crippen LogP contribution < -0.4 is 0 Å². The number of nitrogens with zero attached hydrogens (tertiary/aromatic N) is 4. The van der Waals surface area contributed by atoms with Crippen LogP contribution in [0.25, 0.3) is 11.4 Å². The van der Waals surface area contributed by atoms with Gasteiger partial charge in [0.1, 0.15) is 0 Å². The Morgan fingerprint density at radius 3 is 2.91 bits per heavy atom. The number of likely N-dealkylation sites (tertiary alicyclic amines) is 1. The molecular formula is C15H18N4O3. The zero-order valence-corrected chi connectivity index (χ0v) is 12.2. The van der Waals surface area contributed by atoms with Crippen molar-refractivity contribution in [3.63, 3.8) is 0 Å². The van der Waals surface area contributed by atoms with Gasteiger partial charge >= 0.3 is 5.97 Å². The van der Waals surface area contributed by atoms with Gasteiger partial charge in [-0.3, -0.25) is 9.78 Å². The Morgan fingerprint density at radius 2 is 2.23 bits per heavy atom. The molecule has 0 aliphatic carbocycles. The summed E-state index contributed by atoms with van der Waals surface area (Å²) in [7, 11) is 0. The number of carboxylic acids is 1. The van der Waals surface area contributed by atoms with Crippen molar-refractivity contribution in [1.29, 1.82) is 0 Å². The molecule has 0 radical (unpaired) electrons. The molecule has 1 aliphatic heterocycles. The van der Waals surface area contributed by atoms with Gasteiger partial charge in [-0.25, -0.2) is 0 Å². The molecule has 0 atom stereocenters. The normalized spacial score (nSPS) is 16.7. The summed E-state index contributed by atoms with van der Waals surface area (Å²) in [6, 6.07) is 3.74. The van der Waals surface area contributed by atoms with Gasteiger partial charge in [0.2, 0.25) is 11.7 Å². The first kappa shape index (κ1) is 14.6. The fourth-order valence-electron chi connectivity index (χ4n) is 2.67. The predicted molar refractivity (Wildman–Crippen MR) is 78.2 cm³/mol. The van der Waals surface area contributed by atoms with E-state index in [1.807, 2.05) is 12.1 Å². The van der Waals surface area contributed by atoms with Crippen molar-refractivity contribution in [2.45, 2.75) is 25.2 Å². The summed E-state index contributed by atoms with van der Waals surface area (Å²) in [6.07, 6.45) is 5.43. The smallest absolute Gasteiger partial charge is 0.304 e. The van der Waals surface area contributed by atoms with Gasteiger partial charge in [-0.05, 0) is 38.1 Å². The minimum absolute atomic E-state index is 0.191. The van der Waals surface area contributed by atoms with Crippen LogP contribution in [0.5, 0.6) is 0 Å². The van der Waals surface area contributed by atoms with E-state index in [1.165, 1.54) is 0 Å². The van der Waals surface area contributed by atoms with Crippen molar-refractivity contribution in [2.75, 3.05) is 19.6 Å². The van der Waals surface area contributed by atoms with Crippen LogP contribution in [0.1, 0.15) is 31.1 Å². The molecule has 1 aliphatic rings. The average molecular weight is 302 g/mol. The number of hydrogen-bond donors (Lipinski definition) is 1. The summed E-state index contributed by atoms with van der Waals surface area (Å²) < 4.78 is 5.39. The third kappa shape index (κ3) is 3.48. The molecule has 0 bridgehead atoms. The highest BCUT2D eigenvalue weighted by Crippen LogP contribution is 2.28. The second-order valence-corrected chi connectivity index (χ2v) is 5.46. The first-order chi connectivity index (χ1) is 10.7. The van der Waals surface area contributed by atoms with Crippen LogP contribution in [0.4, 0.5) is 0 Å². The number of pyridine rings is 1. The summed E-state index contributed by atoms with van der Waals surface area (Å²) in [5.41, 5.74) is 0.844. The van der Waals surface area contributed by atoms with Gasteiger partial charge in [0.15, 0.2) is 0 Å². The number of piperidine rings is 1. The Balaban J connectivity index is 1.58. The molecular weight excluding hydrogens is 284 g/mol. The lowest BCUT2D eigenvalue weighted by Gasteiger charge is -2.29. The molecule has 0 aromatic carbocycles. The second-order valence-electron chi connectivity index (χ2n) is 5.46. The van der Waals surface area contributed by atoms with Crippen molar-refractivity contribution in [2.24, 2.45) is 0 Å². The Hall–Kier alpha value is -2.28. The van der Waals surface area contributed by atoms with Crippen LogP contribution in [0.15, 0.2) is 29.0 Å². The van der Waals surface area contributed by atoms with E-state index in [0.717, 1.165) is 31.5 Å². The van der Waals surface area contributed by atoms with Crippen molar-refractivity contribution in [1.82, 2.24) is 20.0 Å². The third-order valence-corrected chi connectivity index (χ3v) is 3.94. The van der Waals surface area contributed by atoms with Crippen LogP contribution in [0, 0.1) is 0 Å². The maximum atomic E-state index is 10.6. The van der Waals surface area contributed by atoms with Crippen molar-refractivity contribution in [3.8, 4) is 11.4 Å². The summed E-state index contributed by atoms with van der Waals surface area (Å²) in [5, 5.41) is 12.7. The van der Waals surface area contributed by atoms with E-state index in [9.17, 15) is 4.79 Å². The summed E-state index contributed by atoms with van der Waals surface area (Å²) in [4.78, 5) is 21.3. The molecule has 0 saturated carbocycles. The fraction of sp³-hybridized carbons (Fsp3) is 0.467. The minimum Gasteiger partial charge on any atom is -0.481 e. The van der Waals surface area contributed by atoms with Crippen LogP contribution in [0.2, 0.25) is 0 Å². The Bertz CT molecular complexity index is 621. The highest BCUT2D eigenvalue weighted by atomic mass is 16.5. The van der Waals surface area contributed by atoms with Gasteiger partial charge in [0, 0.05) is 30.4 Å². The number of aromatic nitrogens is 3. The quantitative estimate of drug-likeness (QED) is 0.900. The molecule has 7 heteroatoms. The van der Waals surface area contributed by atoms with Crippen LogP contribution >= 0.6 is 0 Å². The molecule has 116 valence electrons. The van der Waals surface area contributed by atoms with Gasteiger partial charge < -0.3 is 14.5 Å². The Morgan fingerprint density at radius 1 is 1.41 bits per heavy atom. The monoisotopic (exact) mass is 302 g/mol. The maximum Gasteiger partial charge on any atom is 0.304 e. The van der Waals surface area contributed by atoms with E-state index in [2.05, 4.69) is 20.0 Å². The first-order valence-electron chi connectivity index (χ1n) is 7.40. The summed E-state index contributed by atoms with van der Waals surface area (Å²) in [6.45, 7) is 2.33. The van der Waals surface area contributed by atoms with E-state index in [0.29, 0.717) is 18.3 Å². The molecule has 1 fully saturated rings. The summed E-state index contributed by atoms with van der Waals surface area (Å²) in [5.74, 6) is 0.729. The largest absolute Gasteiger partial charge is 0.481 e. The average Bonchev–Trinajstić information content (AvgIpc) is 3.04. The zero-order chi connectivity index (χ0) is 15.4. The number of carbonyl (C=O) groups is 1. The molecule has 22 heavy (non-hydrogen) atoms. The van der Waals surface area contributed by atoms with Gasteiger partial charge in [0.05, 0.1) is 6.42 Å². The van der Waals surface area contributed by atoms with E-state index in [4.69, 9.17) is 9.63 Å². The standard InChI is InChI=1S/C15H18N4O3/c20-13(21)5-9-19-7-3-11(4-8-19)15-17-14(18-22-15)12-2-1-6-16-10-12/h1-2,6,10-11H,3-5,7-9H2,(H,20,21). The number of aliphatic carboxylic acids is 1. The highest BCUT2D eigenvalue weighted by molar-refractivity contribution is 5.66. The highest BCUT2D eigenvalue weighted by Gasteiger charge is 2.25. The van der Waals surface area contributed by atoms with E-state index < -0.39 is 5.97 Å². The lowest BCUT2D eigenvalue weighted by molar-refractivity contribution is -0.137. The van der Waals surface area contributed by atoms with Crippen LogP contribution in [-0.4, -0.2) is 50.7 Å². The fourth-order valence-corrected chi connectivity index (χ4v) is 2.67. The second kappa shape index (κ2) is 6.65. The van der Waals surface area contributed by atoms with Gasteiger partial charge in [0.25, 0.3) is 0 Å². The summed E-state index contributed by atoms with van der Waals surface area (Å²) >= 11 is 0. The molecule has 3 heterocycles. The Labute approximate surface area is 128 Å². The van der Waals surface area contributed by atoms with Gasteiger partial charge in [-0.15, -0.1) is 0 Å². The lowest BCUT2D eigenvalue weighted by Crippen LogP contribution is -2.34. The number of rotatable bonds is 5. The maximum absolute atomic E-state index is 10.6.